The van der Waals surface area contributed by atoms with Crippen LogP contribution < -0.4 is 16.0 Å². The Morgan fingerprint density at radius 3 is 1.63 bits per heavy atom. The number of rotatable bonds is 11. The number of nitrogens with one attached hydrogen (secondary N) is 3. The molecule has 16 heteroatoms. The number of aliphatic hydroxyl groups excluding tert-OH is 1. The minimum Gasteiger partial charge on any atom is -0.504 e. The first-order valence-corrected chi connectivity index (χ1v) is 16.6. The third kappa shape index (κ3) is 8.29. The molecule has 3 unspecified atom stereocenters. The lowest BCUT2D eigenvalue weighted by Gasteiger charge is -2.17. The average Bonchev–Trinajstić information content (AvgIpc) is 3.72. The molecule has 2 aromatic carbocycles. The Kier molecular flexibility index (Phi) is 10.9. The van der Waals surface area contributed by atoms with Crippen molar-refractivity contribution < 1.29 is 25.5 Å². The van der Waals surface area contributed by atoms with Crippen molar-refractivity contribution in [1.82, 2.24) is 39.0 Å². The normalized spacial score (nSPS) is 13.2. The van der Waals surface area contributed by atoms with E-state index in [2.05, 4.69) is 59.7 Å². The van der Waals surface area contributed by atoms with Gasteiger partial charge in [0.1, 0.15) is 11.8 Å². The molecule has 6 rings (SSSR count). The summed E-state index contributed by atoms with van der Waals surface area (Å²) < 4.78 is 3.94. The molecular formula is C35H45N11O5. The Morgan fingerprint density at radius 1 is 0.608 bits per heavy atom. The number of aromatic hydroxyl groups is 4. The Balaban J connectivity index is 0.000000201. The Bertz CT molecular complexity index is 2110. The smallest absolute Gasteiger partial charge is 0.226 e. The number of nitrogens with zero attached hydrogens (tertiary/aromatic N) is 8. The summed E-state index contributed by atoms with van der Waals surface area (Å²) >= 11 is 0. The number of hydrogen-bond acceptors (Lipinski definition) is 14. The topological polar surface area (TPSA) is 224 Å². The van der Waals surface area contributed by atoms with Crippen LogP contribution in [0.5, 0.6) is 23.0 Å². The van der Waals surface area contributed by atoms with Crippen molar-refractivity contribution in [3.8, 4) is 23.0 Å². The summed E-state index contributed by atoms with van der Waals surface area (Å²) in [7, 11) is 0. The van der Waals surface area contributed by atoms with E-state index in [1.807, 2.05) is 36.8 Å². The number of phenolic OH excluding ortho intramolecular Hbond substituents is 4. The van der Waals surface area contributed by atoms with E-state index < -0.39 is 6.10 Å². The first-order chi connectivity index (χ1) is 24.2. The summed E-state index contributed by atoms with van der Waals surface area (Å²) in [5.74, 6) is 0.934. The average molecular weight is 700 g/mol. The number of aliphatic hydroxyl groups is 1. The highest BCUT2D eigenvalue weighted by Crippen LogP contribution is 2.32. The summed E-state index contributed by atoms with van der Waals surface area (Å²) in [4.78, 5) is 26.5. The molecule has 0 aliphatic heterocycles. The Hall–Kier alpha value is -5.90. The van der Waals surface area contributed by atoms with Crippen molar-refractivity contribution in [3.05, 3.63) is 66.5 Å². The van der Waals surface area contributed by atoms with Crippen LogP contribution in [0, 0.1) is 0 Å². The fraction of sp³-hybridized carbons (Fsp3) is 0.371. The van der Waals surface area contributed by atoms with E-state index in [9.17, 15) is 25.5 Å². The predicted molar refractivity (Wildman–Crippen MR) is 195 cm³/mol. The second-order valence-electron chi connectivity index (χ2n) is 12.9. The van der Waals surface area contributed by atoms with E-state index >= 15 is 0 Å². The van der Waals surface area contributed by atoms with Crippen molar-refractivity contribution in [1.29, 1.82) is 0 Å². The lowest BCUT2D eigenvalue weighted by molar-refractivity contribution is 0.208. The van der Waals surface area contributed by atoms with E-state index in [0.717, 1.165) is 16.8 Å². The molecule has 0 saturated carbocycles. The van der Waals surface area contributed by atoms with Crippen molar-refractivity contribution in [2.45, 2.75) is 78.7 Å². The van der Waals surface area contributed by atoms with Crippen molar-refractivity contribution in [3.63, 3.8) is 0 Å². The van der Waals surface area contributed by atoms with Gasteiger partial charge in [0.2, 0.25) is 5.95 Å². The zero-order valence-electron chi connectivity index (χ0n) is 29.6. The van der Waals surface area contributed by atoms with Gasteiger partial charge in [0.25, 0.3) is 0 Å². The van der Waals surface area contributed by atoms with E-state index in [4.69, 9.17) is 0 Å². The van der Waals surface area contributed by atoms with Gasteiger partial charge in [-0.1, -0.05) is 12.1 Å². The standard InChI is InChI=1S/C19H26N6O3.C16H19N5O2/c1-10(2)25-9-21-16-17(23-19(24-18(16)25)20-8-11(3)26)22-12(4)13-5-6-14(27)15(28)7-13;1-9(2)21-8-19-14-15(17-7-18-16(14)21)20-10(3)11-4-5-12(22)13(23)6-11/h5-7,9-12,26-28H,8H2,1-4H3,(H2,20,22,23,24);4-10,22-23H,1-3H3,(H,17,18,20). The molecule has 6 aromatic rings. The third-order valence-electron chi connectivity index (χ3n) is 8.15. The SMILES string of the molecule is CC(Nc1ncnc2c1ncn2C(C)C)c1ccc(O)c(O)c1.CC(O)CNc1nc(NC(C)c2ccc(O)c(O)c2)c2ncn(C(C)C)c2n1. The molecule has 51 heavy (non-hydrogen) atoms. The highest BCUT2D eigenvalue weighted by Gasteiger charge is 2.18. The zero-order chi connectivity index (χ0) is 37.0. The number of phenols is 4. The van der Waals surface area contributed by atoms with Gasteiger partial charge in [0.15, 0.2) is 51.4 Å². The van der Waals surface area contributed by atoms with Crippen LogP contribution in [0.3, 0.4) is 0 Å². The molecule has 0 radical (unpaired) electrons. The maximum atomic E-state index is 9.76. The predicted octanol–water partition coefficient (Wildman–Crippen LogP) is 5.78. The summed E-state index contributed by atoms with van der Waals surface area (Å²) in [6.45, 7) is 14.1. The molecule has 0 saturated heterocycles. The summed E-state index contributed by atoms with van der Waals surface area (Å²) in [6, 6.07) is 9.51. The molecule has 0 aliphatic carbocycles. The molecule has 0 aliphatic rings. The molecular weight excluding hydrogens is 654 g/mol. The second kappa shape index (κ2) is 15.3. The van der Waals surface area contributed by atoms with Crippen molar-refractivity contribution in [2.75, 3.05) is 22.5 Å². The number of fused-ring (bicyclic) bond motifs is 2. The molecule has 0 amide bonds. The number of benzene rings is 2. The first-order valence-electron chi connectivity index (χ1n) is 16.6. The lowest BCUT2D eigenvalue weighted by Crippen LogP contribution is -2.18. The minimum absolute atomic E-state index is 0.121. The largest absolute Gasteiger partial charge is 0.504 e. The quantitative estimate of drug-likeness (QED) is 0.0751. The van der Waals surface area contributed by atoms with Gasteiger partial charge in [0, 0.05) is 18.6 Å². The summed E-state index contributed by atoms with van der Waals surface area (Å²) in [5, 5.41) is 57.5. The lowest BCUT2D eigenvalue weighted by atomic mass is 10.1. The van der Waals surface area contributed by atoms with E-state index in [1.54, 1.807) is 31.7 Å². The zero-order valence-corrected chi connectivity index (χ0v) is 29.6. The van der Waals surface area contributed by atoms with Gasteiger partial charge in [0.05, 0.1) is 30.8 Å². The Morgan fingerprint density at radius 2 is 1.12 bits per heavy atom. The van der Waals surface area contributed by atoms with Gasteiger partial charge in [-0.15, -0.1) is 0 Å². The Labute approximate surface area is 294 Å². The van der Waals surface area contributed by atoms with Crippen LogP contribution in [0.25, 0.3) is 22.3 Å². The molecule has 270 valence electrons. The maximum absolute atomic E-state index is 9.76. The molecule has 0 bridgehead atoms. The van der Waals surface area contributed by atoms with Crippen LogP contribution in [0.15, 0.2) is 55.4 Å². The first kappa shape index (κ1) is 36.4. The molecule has 16 nitrogen and oxygen atoms in total. The van der Waals surface area contributed by atoms with Gasteiger partial charge in [-0.05, 0) is 83.9 Å². The summed E-state index contributed by atoms with van der Waals surface area (Å²) in [5.41, 5.74) is 4.40. The number of anilines is 3. The van der Waals surface area contributed by atoms with Gasteiger partial charge < -0.3 is 50.6 Å². The highest BCUT2D eigenvalue weighted by atomic mass is 16.3. The number of imidazole rings is 2. The van der Waals surface area contributed by atoms with Crippen LogP contribution in [-0.2, 0) is 0 Å². The minimum atomic E-state index is -0.537. The van der Waals surface area contributed by atoms with E-state index in [0.29, 0.717) is 40.8 Å². The maximum Gasteiger partial charge on any atom is 0.226 e. The van der Waals surface area contributed by atoms with Crippen molar-refractivity contribution in [2.24, 2.45) is 0 Å². The fourth-order valence-corrected chi connectivity index (χ4v) is 5.25. The number of hydrogen-bond donors (Lipinski definition) is 8. The second-order valence-corrected chi connectivity index (χ2v) is 12.9. The molecule has 0 fully saturated rings. The molecule has 4 heterocycles. The van der Waals surface area contributed by atoms with E-state index in [1.165, 1.54) is 30.6 Å². The van der Waals surface area contributed by atoms with Gasteiger partial charge in [-0.2, -0.15) is 9.97 Å². The molecule has 8 N–H and O–H groups in total. The van der Waals surface area contributed by atoms with Crippen molar-refractivity contribution >= 4 is 39.9 Å². The molecule has 3 atom stereocenters. The fourth-order valence-electron chi connectivity index (χ4n) is 5.25. The molecule has 0 spiro atoms. The monoisotopic (exact) mass is 699 g/mol. The van der Waals surface area contributed by atoms with E-state index in [-0.39, 0.29) is 47.2 Å². The summed E-state index contributed by atoms with van der Waals surface area (Å²) in [6.07, 6.45) is 4.45. The van der Waals surface area contributed by atoms with Crippen LogP contribution in [-0.4, -0.2) is 77.2 Å². The number of aromatic nitrogens is 8. The third-order valence-corrected chi connectivity index (χ3v) is 8.15. The van der Waals surface area contributed by atoms with Crippen LogP contribution >= 0.6 is 0 Å². The molecule has 4 aromatic heterocycles. The van der Waals surface area contributed by atoms with Crippen LogP contribution in [0.4, 0.5) is 17.6 Å². The van der Waals surface area contributed by atoms with Crippen LogP contribution in [0.1, 0.15) is 83.8 Å². The van der Waals surface area contributed by atoms with Gasteiger partial charge in [-0.3, -0.25) is 0 Å². The van der Waals surface area contributed by atoms with Crippen LogP contribution in [0.2, 0.25) is 0 Å². The highest BCUT2D eigenvalue weighted by molar-refractivity contribution is 5.85. The van der Waals surface area contributed by atoms with Gasteiger partial charge >= 0.3 is 0 Å². The van der Waals surface area contributed by atoms with Gasteiger partial charge in [-0.25, -0.2) is 19.9 Å².